The third-order valence-electron chi connectivity index (χ3n) is 6.05. The molecule has 1 aliphatic heterocycles. The zero-order chi connectivity index (χ0) is 23.4. The number of hydrogen-bond donors (Lipinski definition) is 1. The molecular weight excluding hydrogens is 440 g/mol. The molecule has 8 nitrogen and oxygen atoms in total. The maximum absolute atomic E-state index is 12.9. The summed E-state index contributed by atoms with van der Waals surface area (Å²) in [4.78, 5) is 17.3. The first-order valence-corrected chi connectivity index (χ1v) is 12.3. The van der Waals surface area contributed by atoms with Crippen LogP contribution in [0.3, 0.4) is 0 Å². The van der Waals surface area contributed by atoms with Gasteiger partial charge in [0.15, 0.2) is 0 Å². The molecule has 0 aliphatic carbocycles. The number of piperidine rings is 1. The molecule has 1 amide bonds. The number of nitrogens with zero attached hydrogens (tertiary/aromatic N) is 3. The summed E-state index contributed by atoms with van der Waals surface area (Å²) in [5.41, 5.74) is 1.97. The fourth-order valence-corrected chi connectivity index (χ4v) is 5.58. The summed E-state index contributed by atoms with van der Waals surface area (Å²) in [6, 6.07) is 14.3. The predicted molar refractivity (Wildman–Crippen MR) is 125 cm³/mol. The zero-order valence-electron chi connectivity index (χ0n) is 18.8. The molecule has 1 saturated heterocycles. The molecule has 4 rings (SSSR count). The average Bonchev–Trinajstić information content (AvgIpc) is 3.28. The van der Waals surface area contributed by atoms with E-state index in [9.17, 15) is 13.2 Å². The van der Waals surface area contributed by atoms with Gasteiger partial charge in [0.2, 0.25) is 15.9 Å². The van der Waals surface area contributed by atoms with Gasteiger partial charge in [-0.3, -0.25) is 4.79 Å². The van der Waals surface area contributed by atoms with Crippen LogP contribution in [0.4, 0.5) is 0 Å². The minimum Gasteiger partial charge on any atom is -0.497 e. The molecule has 1 aliphatic rings. The van der Waals surface area contributed by atoms with Crippen molar-refractivity contribution < 1.29 is 17.9 Å². The highest BCUT2D eigenvalue weighted by Crippen LogP contribution is 2.25. The van der Waals surface area contributed by atoms with Crippen LogP contribution >= 0.6 is 0 Å². The first-order valence-electron chi connectivity index (χ1n) is 10.9. The second-order valence-corrected chi connectivity index (χ2v) is 9.98. The molecule has 0 unspecified atom stereocenters. The highest BCUT2D eigenvalue weighted by molar-refractivity contribution is 7.89. The van der Waals surface area contributed by atoms with Crippen molar-refractivity contribution in [1.29, 1.82) is 0 Å². The average molecular weight is 469 g/mol. The number of aryl methyl sites for hydroxylation is 1. The van der Waals surface area contributed by atoms with E-state index in [2.05, 4.69) is 10.3 Å². The van der Waals surface area contributed by atoms with E-state index in [1.807, 2.05) is 42.0 Å². The Bertz CT molecular complexity index is 1210. The lowest BCUT2D eigenvalue weighted by Crippen LogP contribution is -2.42. The van der Waals surface area contributed by atoms with Crippen LogP contribution in [0.15, 0.2) is 65.8 Å². The largest absolute Gasteiger partial charge is 0.497 e. The SMILES string of the molecule is COc1ccc(S(=O)(=O)N2CCC(C(=O)NCc3ccccc3-n3ccnc3C)CC2)cc1. The standard InChI is InChI=1S/C24H28N4O4S/c1-18-25-13-16-28(18)23-6-4-3-5-20(23)17-26-24(29)19-11-14-27(15-12-19)33(30,31)22-9-7-21(32-2)8-10-22/h3-10,13,16,19H,11-12,14-15,17H2,1-2H3,(H,26,29). The molecule has 0 saturated carbocycles. The maximum Gasteiger partial charge on any atom is 0.243 e. The Labute approximate surface area is 194 Å². The van der Waals surface area contributed by atoms with Gasteiger partial charge in [-0.1, -0.05) is 18.2 Å². The third-order valence-corrected chi connectivity index (χ3v) is 7.96. The monoisotopic (exact) mass is 468 g/mol. The predicted octanol–water partition coefficient (Wildman–Crippen LogP) is 2.91. The number of methoxy groups -OCH3 is 1. The first kappa shape index (κ1) is 23.0. The first-order chi connectivity index (χ1) is 15.9. The molecule has 2 heterocycles. The zero-order valence-corrected chi connectivity index (χ0v) is 19.6. The van der Waals surface area contributed by atoms with Gasteiger partial charge in [0.25, 0.3) is 0 Å². The molecule has 3 aromatic rings. The number of aromatic nitrogens is 2. The Hall–Kier alpha value is -3.17. The highest BCUT2D eigenvalue weighted by Gasteiger charge is 2.32. The van der Waals surface area contributed by atoms with E-state index in [4.69, 9.17) is 4.74 Å². The summed E-state index contributed by atoms with van der Waals surface area (Å²) in [5.74, 6) is 1.22. The number of imidazole rings is 1. The topological polar surface area (TPSA) is 93.5 Å². The van der Waals surface area contributed by atoms with Crippen LogP contribution in [-0.2, 0) is 21.4 Å². The lowest BCUT2D eigenvalue weighted by Gasteiger charge is -2.30. The van der Waals surface area contributed by atoms with Crippen molar-refractivity contribution in [2.45, 2.75) is 31.2 Å². The summed E-state index contributed by atoms with van der Waals surface area (Å²) in [7, 11) is -2.05. The van der Waals surface area contributed by atoms with E-state index in [0.29, 0.717) is 38.2 Å². The molecule has 2 aromatic carbocycles. The van der Waals surface area contributed by atoms with Crippen molar-refractivity contribution in [2.75, 3.05) is 20.2 Å². The minimum absolute atomic E-state index is 0.0475. The molecule has 0 spiro atoms. The fraction of sp³-hybridized carbons (Fsp3) is 0.333. The molecule has 9 heteroatoms. The van der Waals surface area contributed by atoms with E-state index in [1.54, 1.807) is 30.5 Å². The van der Waals surface area contributed by atoms with E-state index < -0.39 is 10.0 Å². The molecule has 1 aromatic heterocycles. The molecule has 1 N–H and O–H groups in total. The van der Waals surface area contributed by atoms with Gasteiger partial charge >= 0.3 is 0 Å². The molecule has 0 atom stereocenters. The van der Waals surface area contributed by atoms with Crippen LogP contribution in [0, 0.1) is 12.8 Å². The molecule has 1 fully saturated rings. The van der Waals surface area contributed by atoms with Crippen molar-refractivity contribution >= 4 is 15.9 Å². The Balaban J connectivity index is 1.35. The number of carbonyl (C=O) groups is 1. The van der Waals surface area contributed by atoms with Gasteiger partial charge in [-0.15, -0.1) is 0 Å². The van der Waals surface area contributed by atoms with Crippen molar-refractivity contribution in [3.8, 4) is 11.4 Å². The van der Waals surface area contributed by atoms with Crippen LogP contribution in [-0.4, -0.2) is 48.4 Å². The molecule has 0 bridgehead atoms. The molecule has 0 radical (unpaired) electrons. The van der Waals surface area contributed by atoms with Crippen LogP contribution in [0.25, 0.3) is 5.69 Å². The maximum atomic E-state index is 12.9. The fourth-order valence-electron chi connectivity index (χ4n) is 4.11. The van der Waals surface area contributed by atoms with Crippen molar-refractivity contribution in [3.63, 3.8) is 0 Å². The Kier molecular flexibility index (Phi) is 6.80. The van der Waals surface area contributed by atoms with Gasteiger partial charge < -0.3 is 14.6 Å². The number of ether oxygens (including phenoxy) is 1. The highest BCUT2D eigenvalue weighted by atomic mass is 32.2. The number of hydrogen-bond acceptors (Lipinski definition) is 5. The molecule has 33 heavy (non-hydrogen) atoms. The van der Waals surface area contributed by atoms with E-state index in [1.165, 1.54) is 11.4 Å². The Morgan fingerprint density at radius 3 is 2.45 bits per heavy atom. The van der Waals surface area contributed by atoms with Gasteiger partial charge in [0.05, 0.1) is 17.7 Å². The van der Waals surface area contributed by atoms with Gasteiger partial charge in [-0.2, -0.15) is 4.31 Å². The van der Waals surface area contributed by atoms with Crippen molar-refractivity contribution in [2.24, 2.45) is 5.92 Å². The smallest absolute Gasteiger partial charge is 0.243 e. The van der Waals surface area contributed by atoms with Crippen LogP contribution in [0.2, 0.25) is 0 Å². The van der Waals surface area contributed by atoms with E-state index >= 15 is 0 Å². The quantitative estimate of drug-likeness (QED) is 0.576. The Morgan fingerprint density at radius 1 is 1.12 bits per heavy atom. The summed E-state index contributed by atoms with van der Waals surface area (Å²) in [5, 5.41) is 3.03. The second-order valence-electron chi connectivity index (χ2n) is 8.04. The number of benzene rings is 2. The van der Waals surface area contributed by atoms with Crippen molar-refractivity contribution in [1.82, 2.24) is 19.2 Å². The third kappa shape index (κ3) is 4.94. The van der Waals surface area contributed by atoms with Gasteiger partial charge in [0, 0.05) is 37.9 Å². The Morgan fingerprint density at radius 2 is 1.82 bits per heavy atom. The van der Waals surface area contributed by atoms with Gasteiger partial charge in [0.1, 0.15) is 11.6 Å². The number of carbonyl (C=O) groups excluding carboxylic acids is 1. The van der Waals surface area contributed by atoms with Gasteiger partial charge in [-0.25, -0.2) is 13.4 Å². The van der Waals surface area contributed by atoms with Crippen LogP contribution in [0.1, 0.15) is 24.2 Å². The second kappa shape index (κ2) is 9.76. The number of para-hydroxylation sites is 1. The summed E-state index contributed by atoms with van der Waals surface area (Å²) in [6.45, 7) is 2.97. The summed E-state index contributed by atoms with van der Waals surface area (Å²) in [6.07, 6.45) is 4.63. The van der Waals surface area contributed by atoms with E-state index in [-0.39, 0.29) is 16.7 Å². The number of amides is 1. The van der Waals surface area contributed by atoms with Crippen LogP contribution < -0.4 is 10.1 Å². The summed E-state index contributed by atoms with van der Waals surface area (Å²) >= 11 is 0. The normalized spacial score (nSPS) is 15.3. The van der Waals surface area contributed by atoms with E-state index in [0.717, 1.165) is 17.1 Å². The summed E-state index contributed by atoms with van der Waals surface area (Å²) < 4.78 is 34.4. The number of sulfonamides is 1. The van der Waals surface area contributed by atoms with Gasteiger partial charge in [-0.05, 0) is 55.7 Å². The van der Waals surface area contributed by atoms with Crippen molar-refractivity contribution in [3.05, 3.63) is 72.3 Å². The molecule has 174 valence electrons. The molecular formula is C24H28N4O4S. The number of rotatable bonds is 7. The number of nitrogens with one attached hydrogen (secondary N) is 1. The van der Waals surface area contributed by atoms with Crippen LogP contribution in [0.5, 0.6) is 5.75 Å². The lowest BCUT2D eigenvalue weighted by atomic mass is 9.97. The lowest BCUT2D eigenvalue weighted by molar-refractivity contribution is -0.126. The minimum atomic E-state index is -3.59.